The zero-order valence-electron chi connectivity index (χ0n) is 20.2. The van der Waals surface area contributed by atoms with E-state index in [1.807, 2.05) is 95.9 Å². The lowest BCUT2D eigenvalue weighted by atomic mass is 9.94. The third-order valence-electron chi connectivity index (χ3n) is 6.69. The van der Waals surface area contributed by atoms with Crippen LogP contribution in [-0.2, 0) is 4.79 Å². The molecule has 0 spiro atoms. The average Bonchev–Trinajstić information content (AvgIpc) is 2.93. The Morgan fingerprint density at radius 2 is 1.58 bits per heavy atom. The molecule has 1 saturated heterocycles. The molecule has 6 heteroatoms. The van der Waals surface area contributed by atoms with E-state index in [1.54, 1.807) is 6.20 Å². The molecule has 184 valence electrons. The summed E-state index contributed by atoms with van der Waals surface area (Å²) in [4.78, 5) is 22.0. The number of pyridine rings is 1. The Kier molecular flexibility index (Phi) is 7.55. The number of nitrogens with zero attached hydrogens (tertiary/aromatic N) is 3. The van der Waals surface area contributed by atoms with Crippen LogP contribution < -0.4 is 9.64 Å². The van der Waals surface area contributed by atoms with Crippen LogP contribution in [0, 0.1) is 5.92 Å². The number of para-hydroxylation sites is 2. The zero-order valence-corrected chi connectivity index (χ0v) is 20.2. The summed E-state index contributed by atoms with van der Waals surface area (Å²) < 4.78 is 5.93. The smallest absolute Gasteiger partial charge is 0.234 e. The monoisotopic (exact) mass is 481 g/mol. The zero-order chi connectivity index (χ0) is 24.7. The number of piperidine rings is 1. The molecule has 2 heterocycles. The number of aromatic nitrogens is 1. The van der Waals surface area contributed by atoms with Crippen molar-refractivity contribution in [1.82, 2.24) is 9.88 Å². The Morgan fingerprint density at radius 1 is 0.917 bits per heavy atom. The van der Waals surface area contributed by atoms with Gasteiger partial charge in [-0.25, -0.2) is 0 Å². The van der Waals surface area contributed by atoms with Crippen molar-refractivity contribution < 1.29 is 14.6 Å². The first-order valence-electron chi connectivity index (χ1n) is 12.5. The van der Waals surface area contributed by atoms with Gasteiger partial charge in [-0.2, -0.15) is 0 Å². The Balaban J connectivity index is 1.16. The summed E-state index contributed by atoms with van der Waals surface area (Å²) in [6.45, 7) is 2.26. The van der Waals surface area contributed by atoms with E-state index in [0.717, 1.165) is 54.0 Å². The van der Waals surface area contributed by atoms with Crippen LogP contribution in [0.1, 0.15) is 12.8 Å². The third kappa shape index (κ3) is 5.56. The summed E-state index contributed by atoms with van der Waals surface area (Å²) in [6.07, 6.45) is 2.66. The normalized spacial score (nSPS) is 15.5. The van der Waals surface area contributed by atoms with Crippen LogP contribution in [0.4, 0.5) is 11.4 Å². The van der Waals surface area contributed by atoms with Crippen LogP contribution >= 0.6 is 0 Å². The molecule has 0 saturated carbocycles. The molecule has 1 aromatic heterocycles. The van der Waals surface area contributed by atoms with E-state index < -0.39 is 6.10 Å². The number of rotatable bonds is 8. The predicted octanol–water partition coefficient (Wildman–Crippen LogP) is 5.05. The molecular formula is C30H31N3O3. The largest absolute Gasteiger partial charge is 0.490 e. The number of likely N-dealkylation sites (tertiary alicyclic amines) is 1. The second-order valence-corrected chi connectivity index (χ2v) is 9.21. The van der Waals surface area contributed by atoms with Gasteiger partial charge in [0.05, 0.1) is 5.52 Å². The molecule has 6 nitrogen and oxygen atoms in total. The molecule has 1 aliphatic rings. The minimum absolute atomic E-state index is 0.0572. The number of ether oxygens (including phenoxy) is 1. The fourth-order valence-corrected chi connectivity index (χ4v) is 4.84. The van der Waals surface area contributed by atoms with E-state index in [4.69, 9.17) is 4.74 Å². The van der Waals surface area contributed by atoms with E-state index in [1.165, 1.54) is 0 Å². The van der Waals surface area contributed by atoms with E-state index in [0.29, 0.717) is 6.54 Å². The van der Waals surface area contributed by atoms with Gasteiger partial charge >= 0.3 is 0 Å². The third-order valence-corrected chi connectivity index (χ3v) is 6.69. The lowest BCUT2D eigenvalue weighted by Gasteiger charge is -2.35. The maximum Gasteiger partial charge on any atom is 0.234 e. The van der Waals surface area contributed by atoms with Gasteiger partial charge in [0.15, 0.2) is 0 Å². The molecular weight excluding hydrogens is 450 g/mol. The van der Waals surface area contributed by atoms with Gasteiger partial charge in [-0.15, -0.1) is 0 Å². The van der Waals surface area contributed by atoms with Crippen molar-refractivity contribution in [3.05, 3.63) is 97.2 Å². The highest BCUT2D eigenvalue weighted by molar-refractivity contribution is 6.01. The molecule has 1 N–H and O–H groups in total. The number of aliphatic hydroxyl groups is 1. The SMILES string of the molecule is O=C(C1CCN(CC(O)COc2cccc3ncccc23)CC1)N(c1ccccc1)c1ccccc1. The number of hydrogen-bond acceptors (Lipinski definition) is 5. The van der Waals surface area contributed by atoms with E-state index in [-0.39, 0.29) is 18.4 Å². The van der Waals surface area contributed by atoms with Crippen molar-refractivity contribution in [2.75, 3.05) is 31.1 Å². The Morgan fingerprint density at radius 3 is 2.25 bits per heavy atom. The molecule has 5 rings (SSSR count). The molecule has 0 aliphatic carbocycles. The average molecular weight is 482 g/mol. The highest BCUT2D eigenvalue weighted by Crippen LogP contribution is 2.30. The van der Waals surface area contributed by atoms with E-state index in [2.05, 4.69) is 9.88 Å². The summed E-state index contributed by atoms with van der Waals surface area (Å²) in [5.41, 5.74) is 2.64. The number of amides is 1. The van der Waals surface area contributed by atoms with Crippen LogP contribution in [-0.4, -0.2) is 53.2 Å². The van der Waals surface area contributed by atoms with E-state index >= 15 is 0 Å². The van der Waals surface area contributed by atoms with Gasteiger partial charge in [0.1, 0.15) is 18.5 Å². The van der Waals surface area contributed by atoms with Crippen LogP contribution in [0.25, 0.3) is 10.9 Å². The van der Waals surface area contributed by atoms with Crippen molar-refractivity contribution in [2.24, 2.45) is 5.92 Å². The molecule has 3 aromatic carbocycles. The first-order valence-corrected chi connectivity index (χ1v) is 12.5. The highest BCUT2D eigenvalue weighted by atomic mass is 16.5. The van der Waals surface area contributed by atoms with Crippen LogP contribution in [0.3, 0.4) is 0 Å². The maximum absolute atomic E-state index is 13.6. The highest BCUT2D eigenvalue weighted by Gasteiger charge is 2.30. The number of hydrogen-bond donors (Lipinski definition) is 1. The fraction of sp³-hybridized carbons (Fsp3) is 0.267. The Bertz CT molecular complexity index is 1230. The van der Waals surface area contributed by atoms with Gasteiger partial charge < -0.3 is 14.7 Å². The molecule has 1 atom stereocenters. The van der Waals surface area contributed by atoms with E-state index in [9.17, 15) is 9.90 Å². The lowest BCUT2D eigenvalue weighted by molar-refractivity contribution is -0.123. The number of aliphatic hydroxyl groups excluding tert-OH is 1. The standard InChI is InChI=1S/C30H31N3O3/c34-26(22-36-29-15-7-14-28-27(29)13-8-18-31-28)21-32-19-16-23(17-20-32)30(35)33(24-9-3-1-4-10-24)25-11-5-2-6-12-25/h1-15,18,23,26,34H,16-17,19-22H2. The number of benzene rings is 3. The summed E-state index contributed by atoms with van der Waals surface area (Å²) in [5.74, 6) is 0.796. The van der Waals surface area contributed by atoms with Crippen LogP contribution in [0.5, 0.6) is 5.75 Å². The van der Waals surface area contributed by atoms with Crippen LogP contribution in [0.15, 0.2) is 97.2 Å². The second-order valence-electron chi connectivity index (χ2n) is 9.21. The molecule has 1 aliphatic heterocycles. The molecule has 1 amide bonds. The minimum Gasteiger partial charge on any atom is -0.490 e. The second kappa shape index (κ2) is 11.3. The quantitative estimate of drug-likeness (QED) is 0.381. The minimum atomic E-state index is -0.616. The van der Waals surface area contributed by atoms with Gasteiger partial charge in [-0.05, 0) is 74.5 Å². The number of carbonyl (C=O) groups excluding carboxylic acids is 1. The number of fused-ring (bicyclic) bond motifs is 1. The molecule has 0 radical (unpaired) electrons. The molecule has 1 unspecified atom stereocenters. The Labute approximate surface area is 211 Å². The Hall–Kier alpha value is -3.74. The molecule has 36 heavy (non-hydrogen) atoms. The predicted molar refractivity (Wildman–Crippen MR) is 142 cm³/mol. The number of β-amino-alcohol motifs (C(OH)–C–C–N with tert-alkyl or cyclic N) is 1. The summed E-state index contributed by atoms with van der Waals surface area (Å²) in [7, 11) is 0. The van der Waals surface area contributed by atoms with Crippen molar-refractivity contribution in [2.45, 2.75) is 18.9 Å². The van der Waals surface area contributed by atoms with Gasteiger partial charge in [0.25, 0.3) is 0 Å². The van der Waals surface area contributed by atoms with Gasteiger partial charge in [-0.1, -0.05) is 42.5 Å². The summed E-state index contributed by atoms with van der Waals surface area (Å²) in [5, 5.41) is 11.6. The van der Waals surface area contributed by atoms with Gasteiger partial charge in [0.2, 0.25) is 5.91 Å². The van der Waals surface area contributed by atoms with Crippen molar-refractivity contribution in [3.63, 3.8) is 0 Å². The first-order chi connectivity index (χ1) is 17.7. The molecule has 4 aromatic rings. The topological polar surface area (TPSA) is 65.9 Å². The van der Waals surface area contributed by atoms with Gasteiger partial charge in [0, 0.05) is 35.4 Å². The maximum atomic E-state index is 13.6. The number of anilines is 2. The molecule has 0 bridgehead atoms. The van der Waals surface area contributed by atoms with Crippen molar-refractivity contribution in [3.8, 4) is 5.75 Å². The first kappa shape index (κ1) is 24.0. The summed E-state index contributed by atoms with van der Waals surface area (Å²) in [6, 6.07) is 29.3. The summed E-state index contributed by atoms with van der Waals surface area (Å²) >= 11 is 0. The number of carbonyl (C=O) groups is 1. The van der Waals surface area contributed by atoms with Gasteiger partial charge in [-0.3, -0.25) is 14.7 Å². The fourth-order valence-electron chi connectivity index (χ4n) is 4.84. The van der Waals surface area contributed by atoms with Crippen molar-refractivity contribution >= 4 is 28.2 Å². The lowest BCUT2D eigenvalue weighted by Crippen LogP contribution is -2.44. The van der Waals surface area contributed by atoms with Crippen LogP contribution in [0.2, 0.25) is 0 Å². The van der Waals surface area contributed by atoms with Crippen molar-refractivity contribution in [1.29, 1.82) is 0 Å². The molecule has 1 fully saturated rings.